The smallest absolute Gasteiger partial charge is 0.251 e. The second kappa shape index (κ2) is 6.43. The summed E-state index contributed by atoms with van der Waals surface area (Å²) < 4.78 is 10.4. The van der Waals surface area contributed by atoms with Crippen LogP contribution in [0.1, 0.15) is 30.1 Å². The average Bonchev–Trinajstić information content (AvgIpc) is 2.90. The number of amides is 1. The van der Waals surface area contributed by atoms with E-state index in [1.54, 1.807) is 18.2 Å². The van der Waals surface area contributed by atoms with Gasteiger partial charge in [-0.05, 0) is 30.5 Å². The SMILES string of the molecule is CCC(CCO)CNC(=O)c1ccc2c(c1)OCO2. The van der Waals surface area contributed by atoms with Crippen LogP contribution in [0.3, 0.4) is 0 Å². The highest BCUT2D eigenvalue weighted by atomic mass is 16.7. The van der Waals surface area contributed by atoms with Crippen LogP contribution in [0.2, 0.25) is 0 Å². The summed E-state index contributed by atoms with van der Waals surface area (Å²) in [7, 11) is 0. The maximum absolute atomic E-state index is 12.0. The Hall–Kier alpha value is -1.75. The zero-order chi connectivity index (χ0) is 13.7. The van der Waals surface area contributed by atoms with Crippen LogP contribution in [0.5, 0.6) is 11.5 Å². The lowest BCUT2D eigenvalue weighted by molar-refractivity contribution is 0.0943. The van der Waals surface area contributed by atoms with Crippen LogP contribution in [-0.4, -0.2) is 31.0 Å². The molecule has 5 heteroatoms. The fourth-order valence-electron chi connectivity index (χ4n) is 2.01. The molecule has 1 aromatic carbocycles. The van der Waals surface area contributed by atoms with Crippen molar-refractivity contribution >= 4 is 5.91 Å². The van der Waals surface area contributed by atoms with Crippen molar-refractivity contribution in [2.75, 3.05) is 19.9 Å². The highest BCUT2D eigenvalue weighted by Crippen LogP contribution is 2.32. The van der Waals surface area contributed by atoms with Crippen LogP contribution in [0.4, 0.5) is 0 Å². The van der Waals surface area contributed by atoms with Gasteiger partial charge in [-0.25, -0.2) is 0 Å². The van der Waals surface area contributed by atoms with Crippen LogP contribution in [0.25, 0.3) is 0 Å². The van der Waals surface area contributed by atoms with Crippen molar-refractivity contribution < 1.29 is 19.4 Å². The van der Waals surface area contributed by atoms with Gasteiger partial charge in [0.05, 0.1) is 0 Å². The summed E-state index contributed by atoms with van der Waals surface area (Å²) in [5.74, 6) is 1.45. The number of carbonyl (C=O) groups is 1. The second-order valence-electron chi connectivity index (χ2n) is 4.56. The Labute approximate surface area is 112 Å². The molecule has 19 heavy (non-hydrogen) atoms. The van der Waals surface area contributed by atoms with Crippen molar-refractivity contribution in [1.29, 1.82) is 0 Å². The van der Waals surface area contributed by atoms with Gasteiger partial charge in [-0.3, -0.25) is 4.79 Å². The Morgan fingerprint density at radius 2 is 2.21 bits per heavy atom. The number of hydrogen-bond acceptors (Lipinski definition) is 4. The van der Waals surface area contributed by atoms with Gasteiger partial charge in [0.15, 0.2) is 11.5 Å². The molecule has 0 aromatic heterocycles. The van der Waals surface area contributed by atoms with E-state index >= 15 is 0 Å². The molecule has 1 amide bonds. The van der Waals surface area contributed by atoms with Gasteiger partial charge in [-0.2, -0.15) is 0 Å². The molecule has 0 saturated carbocycles. The molecular weight excluding hydrogens is 246 g/mol. The molecule has 0 saturated heterocycles. The van der Waals surface area contributed by atoms with Crippen molar-refractivity contribution in [3.8, 4) is 11.5 Å². The molecule has 2 N–H and O–H groups in total. The molecule has 1 atom stereocenters. The fraction of sp³-hybridized carbons (Fsp3) is 0.500. The van der Waals surface area contributed by atoms with Crippen molar-refractivity contribution in [2.45, 2.75) is 19.8 Å². The van der Waals surface area contributed by atoms with Crippen molar-refractivity contribution in [3.05, 3.63) is 23.8 Å². The Balaban J connectivity index is 1.92. The molecule has 5 nitrogen and oxygen atoms in total. The quantitative estimate of drug-likeness (QED) is 0.819. The second-order valence-corrected chi connectivity index (χ2v) is 4.56. The molecule has 0 aliphatic carbocycles. The molecule has 0 spiro atoms. The molecule has 1 aliphatic rings. The van der Waals surface area contributed by atoms with Crippen LogP contribution in [0.15, 0.2) is 18.2 Å². The van der Waals surface area contributed by atoms with E-state index in [1.807, 2.05) is 6.92 Å². The van der Waals surface area contributed by atoms with Gasteiger partial charge < -0.3 is 19.9 Å². The number of carbonyl (C=O) groups excluding carboxylic acids is 1. The van der Waals surface area contributed by atoms with Crippen molar-refractivity contribution in [1.82, 2.24) is 5.32 Å². The number of hydrogen-bond donors (Lipinski definition) is 2. The average molecular weight is 265 g/mol. The van der Waals surface area contributed by atoms with Crippen molar-refractivity contribution in [2.24, 2.45) is 5.92 Å². The number of benzene rings is 1. The van der Waals surface area contributed by atoms with Gasteiger partial charge in [0.25, 0.3) is 5.91 Å². The first-order chi connectivity index (χ1) is 9.24. The number of rotatable bonds is 6. The Morgan fingerprint density at radius 1 is 1.42 bits per heavy atom. The van der Waals surface area contributed by atoms with Crippen LogP contribution < -0.4 is 14.8 Å². The van der Waals surface area contributed by atoms with E-state index in [0.717, 1.165) is 6.42 Å². The molecule has 0 bridgehead atoms. The van der Waals surface area contributed by atoms with Gasteiger partial charge in [-0.1, -0.05) is 13.3 Å². The van der Waals surface area contributed by atoms with E-state index in [1.165, 1.54) is 0 Å². The van der Waals surface area contributed by atoms with E-state index in [9.17, 15) is 4.79 Å². The predicted molar refractivity (Wildman–Crippen MR) is 70.4 cm³/mol. The number of aliphatic hydroxyl groups is 1. The summed E-state index contributed by atoms with van der Waals surface area (Å²) in [4.78, 5) is 12.0. The standard InChI is InChI=1S/C14H19NO4/c1-2-10(5-6-16)8-15-14(17)11-3-4-12-13(7-11)19-9-18-12/h3-4,7,10,16H,2,5-6,8-9H2,1H3,(H,15,17). The molecule has 104 valence electrons. The Kier molecular flexibility index (Phi) is 4.63. The molecule has 1 heterocycles. The highest BCUT2D eigenvalue weighted by molar-refractivity contribution is 5.94. The first-order valence-corrected chi connectivity index (χ1v) is 6.53. The monoisotopic (exact) mass is 265 g/mol. The zero-order valence-corrected chi connectivity index (χ0v) is 11.0. The summed E-state index contributed by atoms with van der Waals surface area (Å²) in [6.45, 7) is 2.98. The predicted octanol–water partition coefficient (Wildman–Crippen LogP) is 1.55. The molecule has 1 aliphatic heterocycles. The van der Waals surface area contributed by atoms with Gasteiger partial charge >= 0.3 is 0 Å². The van der Waals surface area contributed by atoms with Gasteiger partial charge in [0.1, 0.15) is 0 Å². The summed E-state index contributed by atoms with van der Waals surface area (Å²) >= 11 is 0. The molecule has 0 fully saturated rings. The molecule has 0 radical (unpaired) electrons. The summed E-state index contributed by atoms with van der Waals surface area (Å²) in [5, 5.41) is 11.8. The van der Waals surface area contributed by atoms with Crippen LogP contribution >= 0.6 is 0 Å². The number of nitrogens with one attached hydrogen (secondary N) is 1. The minimum atomic E-state index is -0.130. The van der Waals surface area contributed by atoms with Gasteiger partial charge in [0, 0.05) is 18.7 Å². The van der Waals surface area contributed by atoms with Crippen LogP contribution in [0, 0.1) is 5.92 Å². The summed E-state index contributed by atoms with van der Waals surface area (Å²) in [6, 6.07) is 5.14. The lowest BCUT2D eigenvalue weighted by Gasteiger charge is -2.14. The summed E-state index contributed by atoms with van der Waals surface area (Å²) in [6.07, 6.45) is 1.64. The molecule has 2 rings (SSSR count). The topological polar surface area (TPSA) is 67.8 Å². The minimum Gasteiger partial charge on any atom is -0.454 e. The third-order valence-corrected chi connectivity index (χ3v) is 3.30. The van der Waals surface area contributed by atoms with Gasteiger partial charge in [-0.15, -0.1) is 0 Å². The number of fused-ring (bicyclic) bond motifs is 1. The number of aliphatic hydroxyl groups excluding tert-OH is 1. The van der Waals surface area contributed by atoms with Crippen molar-refractivity contribution in [3.63, 3.8) is 0 Å². The third kappa shape index (κ3) is 3.38. The summed E-state index contributed by atoms with van der Waals surface area (Å²) in [5.41, 5.74) is 0.558. The zero-order valence-electron chi connectivity index (χ0n) is 11.0. The first-order valence-electron chi connectivity index (χ1n) is 6.53. The fourth-order valence-corrected chi connectivity index (χ4v) is 2.01. The maximum Gasteiger partial charge on any atom is 0.251 e. The minimum absolute atomic E-state index is 0.130. The largest absolute Gasteiger partial charge is 0.454 e. The molecule has 1 aromatic rings. The third-order valence-electron chi connectivity index (χ3n) is 3.30. The van der Waals surface area contributed by atoms with E-state index < -0.39 is 0 Å². The number of ether oxygens (including phenoxy) is 2. The normalized spacial score (nSPS) is 14.2. The van der Waals surface area contributed by atoms with E-state index in [4.69, 9.17) is 14.6 Å². The van der Waals surface area contributed by atoms with E-state index in [-0.39, 0.29) is 19.3 Å². The van der Waals surface area contributed by atoms with E-state index in [0.29, 0.717) is 35.9 Å². The lowest BCUT2D eigenvalue weighted by atomic mass is 10.0. The van der Waals surface area contributed by atoms with Crippen LogP contribution in [-0.2, 0) is 0 Å². The Bertz CT molecular complexity index is 447. The maximum atomic E-state index is 12.0. The molecule has 1 unspecified atom stereocenters. The lowest BCUT2D eigenvalue weighted by Crippen LogP contribution is -2.29. The van der Waals surface area contributed by atoms with E-state index in [2.05, 4.69) is 5.32 Å². The first kappa shape index (κ1) is 13.7. The van der Waals surface area contributed by atoms with Gasteiger partial charge in [0.2, 0.25) is 6.79 Å². The molecular formula is C14H19NO4. The highest BCUT2D eigenvalue weighted by Gasteiger charge is 2.16. The Morgan fingerprint density at radius 3 is 2.95 bits per heavy atom.